The summed E-state index contributed by atoms with van der Waals surface area (Å²) in [6, 6.07) is 8.37. The van der Waals surface area contributed by atoms with E-state index in [2.05, 4.69) is 79.7 Å². The maximum atomic E-state index is 4.29. The SMILES string of the molecule is C=Cc1c(/C=C\CC)[nH]c(=C)/c1=c1\c(=C)n(C)c2ccccc12. The fourth-order valence-electron chi connectivity index (χ4n) is 3.18. The Morgan fingerprint density at radius 3 is 2.61 bits per heavy atom. The molecule has 2 aromatic heterocycles. The van der Waals surface area contributed by atoms with Gasteiger partial charge in [0.15, 0.2) is 0 Å². The maximum absolute atomic E-state index is 4.29. The molecule has 0 spiro atoms. The van der Waals surface area contributed by atoms with E-state index < -0.39 is 0 Å². The van der Waals surface area contributed by atoms with Crippen molar-refractivity contribution in [1.29, 1.82) is 0 Å². The van der Waals surface area contributed by atoms with Gasteiger partial charge < -0.3 is 9.55 Å². The minimum atomic E-state index is 0.900. The van der Waals surface area contributed by atoms with Gasteiger partial charge in [0, 0.05) is 50.3 Å². The first kappa shape index (κ1) is 15.2. The van der Waals surface area contributed by atoms with Crippen LogP contribution in [0.25, 0.3) is 36.2 Å². The summed E-state index contributed by atoms with van der Waals surface area (Å²) < 4.78 is 2.13. The Kier molecular flexibility index (Phi) is 3.83. The molecule has 3 aromatic rings. The highest BCUT2D eigenvalue weighted by molar-refractivity contribution is 5.81. The second-order valence-corrected chi connectivity index (χ2v) is 5.72. The molecule has 2 heterocycles. The van der Waals surface area contributed by atoms with Crippen LogP contribution in [0.5, 0.6) is 0 Å². The van der Waals surface area contributed by atoms with E-state index in [-0.39, 0.29) is 0 Å². The molecule has 2 heteroatoms. The maximum Gasteiger partial charge on any atom is 0.0488 e. The molecule has 0 amide bonds. The third kappa shape index (κ3) is 2.27. The predicted octanol–water partition coefficient (Wildman–Crippen LogP) is 3.68. The van der Waals surface area contributed by atoms with Gasteiger partial charge in [-0.15, -0.1) is 0 Å². The van der Waals surface area contributed by atoms with E-state index in [0.717, 1.165) is 38.8 Å². The van der Waals surface area contributed by atoms with Gasteiger partial charge in [-0.2, -0.15) is 0 Å². The number of nitrogens with zero attached hydrogens (tertiary/aromatic N) is 1. The number of nitrogens with one attached hydrogen (secondary N) is 1. The Balaban J connectivity index is 2.65. The monoisotopic (exact) mass is 302 g/mol. The van der Waals surface area contributed by atoms with Crippen LogP contribution in [0.4, 0.5) is 0 Å². The van der Waals surface area contributed by atoms with Crippen molar-refractivity contribution in [2.75, 3.05) is 0 Å². The van der Waals surface area contributed by atoms with Gasteiger partial charge in [-0.1, -0.05) is 57.0 Å². The lowest BCUT2D eigenvalue weighted by atomic mass is 10.1. The molecule has 1 N–H and O–H groups in total. The number of allylic oxidation sites excluding steroid dienone is 1. The van der Waals surface area contributed by atoms with E-state index in [4.69, 9.17) is 0 Å². The van der Waals surface area contributed by atoms with Crippen molar-refractivity contribution in [3.8, 4) is 0 Å². The van der Waals surface area contributed by atoms with Crippen LogP contribution in [0.1, 0.15) is 24.6 Å². The zero-order valence-corrected chi connectivity index (χ0v) is 13.8. The number of aromatic nitrogens is 2. The number of H-pyrrole nitrogens is 1. The standard InChI is InChI=1S/C21H22N2/c1-6-8-12-18-16(7-2)20(14(3)22-18)21-15(4)23(5)19-13-10-9-11-17(19)21/h7-13,22H,2-4,6H2,1,5H3/b12-8-,21-20-. The third-order valence-corrected chi connectivity index (χ3v) is 4.35. The number of hydrogen-bond acceptors (Lipinski definition) is 0. The Hall–Kier alpha value is -2.74. The van der Waals surface area contributed by atoms with Crippen LogP contribution in [0.2, 0.25) is 0 Å². The summed E-state index contributed by atoms with van der Waals surface area (Å²) in [4.78, 5) is 3.39. The van der Waals surface area contributed by atoms with Crippen molar-refractivity contribution < 1.29 is 0 Å². The molecule has 0 saturated heterocycles. The van der Waals surface area contributed by atoms with Crippen LogP contribution < -0.4 is 10.7 Å². The van der Waals surface area contributed by atoms with Crippen LogP contribution in [0.15, 0.2) is 36.9 Å². The number of fused-ring (bicyclic) bond motifs is 1. The fraction of sp³-hybridized carbons (Fsp3) is 0.143. The lowest BCUT2D eigenvalue weighted by Gasteiger charge is -1.93. The molecule has 2 nitrogen and oxygen atoms in total. The Morgan fingerprint density at radius 2 is 1.91 bits per heavy atom. The van der Waals surface area contributed by atoms with Crippen LogP contribution in [-0.2, 0) is 7.05 Å². The first-order valence-electron chi connectivity index (χ1n) is 7.86. The Labute approximate surface area is 136 Å². The number of benzene rings is 1. The molecule has 0 aliphatic rings. The molecule has 0 aliphatic heterocycles. The molecule has 0 atom stereocenters. The van der Waals surface area contributed by atoms with Gasteiger partial charge in [-0.25, -0.2) is 0 Å². The molecule has 3 rings (SSSR count). The van der Waals surface area contributed by atoms with Crippen molar-refractivity contribution >= 4 is 36.2 Å². The van der Waals surface area contributed by atoms with Gasteiger partial charge in [0.05, 0.1) is 0 Å². The van der Waals surface area contributed by atoms with Crippen molar-refractivity contribution in [3.63, 3.8) is 0 Å². The lowest BCUT2D eigenvalue weighted by molar-refractivity contribution is 0.927. The summed E-state index contributed by atoms with van der Waals surface area (Å²) >= 11 is 0. The molecule has 0 radical (unpaired) electrons. The highest BCUT2D eigenvalue weighted by atomic mass is 14.9. The molecular weight excluding hydrogens is 280 g/mol. The Bertz CT molecular complexity index is 1110. The molecule has 1 aromatic carbocycles. The number of aryl methyl sites for hydroxylation is 1. The van der Waals surface area contributed by atoms with E-state index in [0.29, 0.717) is 0 Å². The van der Waals surface area contributed by atoms with Crippen molar-refractivity contribution in [2.24, 2.45) is 7.05 Å². The van der Waals surface area contributed by atoms with E-state index in [9.17, 15) is 0 Å². The minimum Gasteiger partial charge on any atom is -0.355 e. The van der Waals surface area contributed by atoms with E-state index in [1.807, 2.05) is 6.08 Å². The van der Waals surface area contributed by atoms with Crippen LogP contribution in [0.3, 0.4) is 0 Å². The summed E-state index contributed by atoms with van der Waals surface area (Å²) in [5.41, 5.74) is 3.31. The molecule has 0 aliphatic carbocycles. The zero-order chi connectivity index (χ0) is 16.6. The van der Waals surface area contributed by atoms with E-state index in [1.165, 1.54) is 10.9 Å². The number of aromatic amines is 1. The van der Waals surface area contributed by atoms with Crippen LogP contribution in [0, 0.1) is 10.4 Å². The summed E-state index contributed by atoms with van der Waals surface area (Å²) in [7, 11) is 2.05. The quantitative estimate of drug-likeness (QED) is 0.762. The van der Waals surface area contributed by atoms with Gasteiger partial charge in [-0.3, -0.25) is 0 Å². The zero-order valence-electron chi connectivity index (χ0n) is 13.8. The van der Waals surface area contributed by atoms with E-state index >= 15 is 0 Å². The second kappa shape index (κ2) is 5.81. The highest BCUT2D eigenvalue weighted by Crippen LogP contribution is 2.16. The molecular formula is C21H22N2. The largest absolute Gasteiger partial charge is 0.355 e. The predicted molar refractivity (Wildman–Crippen MR) is 101 cm³/mol. The normalized spacial score (nSPS) is 13.1. The average molecular weight is 302 g/mol. The van der Waals surface area contributed by atoms with Crippen molar-refractivity contribution in [2.45, 2.75) is 13.3 Å². The van der Waals surface area contributed by atoms with Crippen molar-refractivity contribution in [3.05, 3.63) is 69.3 Å². The molecule has 116 valence electrons. The summed E-state index contributed by atoms with van der Waals surface area (Å²) in [6.45, 7) is 14.6. The number of hydrogen-bond donors (Lipinski definition) is 1. The number of para-hydroxylation sites is 1. The van der Waals surface area contributed by atoms with E-state index in [1.54, 1.807) is 0 Å². The highest BCUT2D eigenvalue weighted by Gasteiger charge is 2.08. The second-order valence-electron chi connectivity index (χ2n) is 5.72. The fourth-order valence-corrected chi connectivity index (χ4v) is 3.18. The third-order valence-electron chi connectivity index (χ3n) is 4.35. The van der Waals surface area contributed by atoms with Crippen LogP contribution in [-0.4, -0.2) is 9.55 Å². The van der Waals surface area contributed by atoms with Gasteiger partial charge >= 0.3 is 0 Å². The minimum absolute atomic E-state index is 0.900. The van der Waals surface area contributed by atoms with Crippen LogP contribution >= 0.6 is 0 Å². The smallest absolute Gasteiger partial charge is 0.0488 e. The summed E-state index contributed by atoms with van der Waals surface area (Å²) in [5.74, 6) is 0. The molecule has 0 fully saturated rings. The van der Waals surface area contributed by atoms with Gasteiger partial charge in [0.2, 0.25) is 0 Å². The molecule has 0 bridgehead atoms. The molecule has 0 saturated carbocycles. The Morgan fingerprint density at radius 1 is 1.17 bits per heavy atom. The van der Waals surface area contributed by atoms with Gasteiger partial charge in [-0.05, 0) is 18.6 Å². The first-order chi connectivity index (χ1) is 11.1. The first-order valence-corrected chi connectivity index (χ1v) is 7.86. The summed E-state index contributed by atoms with van der Waals surface area (Å²) in [6.07, 6.45) is 7.13. The van der Waals surface area contributed by atoms with Gasteiger partial charge in [0.1, 0.15) is 0 Å². The summed E-state index contributed by atoms with van der Waals surface area (Å²) in [5, 5.41) is 5.31. The van der Waals surface area contributed by atoms with Crippen molar-refractivity contribution in [1.82, 2.24) is 9.55 Å². The molecule has 23 heavy (non-hydrogen) atoms. The topological polar surface area (TPSA) is 20.7 Å². The average Bonchev–Trinajstić information content (AvgIpc) is 3.00. The molecule has 0 unspecified atom stereocenters. The number of rotatable bonds is 3. The van der Waals surface area contributed by atoms with Gasteiger partial charge in [0.25, 0.3) is 0 Å². The lowest BCUT2D eigenvalue weighted by Crippen LogP contribution is -2.12.